The van der Waals surface area contributed by atoms with Gasteiger partial charge in [0.05, 0.1) is 6.04 Å². The Morgan fingerprint density at radius 3 is 2.32 bits per heavy atom. The molecular weight excluding hydrogens is 234 g/mol. The molecule has 108 valence electrons. The third kappa shape index (κ3) is 3.42. The number of nitrogens with two attached hydrogens (primary N) is 1. The van der Waals surface area contributed by atoms with Crippen molar-refractivity contribution in [1.82, 2.24) is 0 Å². The molecule has 1 fully saturated rings. The van der Waals surface area contributed by atoms with Crippen molar-refractivity contribution in [2.75, 3.05) is 0 Å². The normalized spacial score (nSPS) is 26.4. The molecule has 2 rings (SSSR count). The van der Waals surface area contributed by atoms with Gasteiger partial charge in [0.15, 0.2) is 0 Å². The van der Waals surface area contributed by atoms with Gasteiger partial charge in [-0.2, -0.15) is 0 Å². The zero-order chi connectivity index (χ0) is 14.0. The van der Waals surface area contributed by atoms with Gasteiger partial charge in [0.25, 0.3) is 0 Å². The molecule has 2 heteroatoms. The zero-order valence-electron chi connectivity index (χ0n) is 12.9. The second-order valence-corrected chi connectivity index (χ2v) is 7.16. The molecule has 1 atom stereocenters. The average molecular weight is 263 g/mol. The summed E-state index contributed by atoms with van der Waals surface area (Å²) in [7, 11) is 0. The van der Waals surface area contributed by atoms with E-state index >= 15 is 0 Å². The van der Waals surface area contributed by atoms with E-state index in [2.05, 4.69) is 39.8 Å². The van der Waals surface area contributed by atoms with Crippen molar-refractivity contribution >= 4 is 0 Å². The predicted molar refractivity (Wildman–Crippen MR) is 79.9 cm³/mol. The molecule has 1 aliphatic rings. The van der Waals surface area contributed by atoms with Crippen LogP contribution in [0, 0.1) is 17.3 Å². The lowest BCUT2D eigenvalue weighted by atomic mass is 9.68. The lowest BCUT2D eigenvalue weighted by Gasteiger charge is -2.38. The number of furan rings is 1. The Balaban J connectivity index is 1.94. The Hall–Kier alpha value is -0.760. The van der Waals surface area contributed by atoms with E-state index < -0.39 is 0 Å². The van der Waals surface area contributed by atoms with E-state index in [0.29, 0.717) is 11.3 Å². The van der Waals surface area contributed by atoms with Crippen LogP contribution in [0.15, 0.2) is 16.5 Å². The maximum atomic E-state index is 6.40. The Morgan fingerprint density at radius 1 is 1.21 bits per heavy atom. The van der Waals surface area contributed by atoms with Crippen molar-refractivity contribution in [2.45, 2.75) is 65.8 Å². The summed E-state index contributed by atoms with van der Waals surface area (Å²) in [4.78, 5) is 0. The van der Waals surface area contributed by atoms with Gasteiger partial charge in [0, 0.05) is 6.42 Å². The topological polar surface area (TPSA) is 39.2 Å². The minimum absolute atomic E-state index is 0.0845. The zero-order valence-corrected chi connectivity index (χ0v) is 12.9. The van der Waals surface area contributed by atoms with E-state index in [4.69, 9.17) is 10.2 Å². The van der Waals surface area contributed by atoms with E-state index in [0.717, 1.165) is 23.9 Å². The quantitative estimate of drug-likeness (QED) is 0.859. The number of hydrogen-bond acceptors (Lipinski definition) is 2. The highest BCUT2D eigenvalue weighted by atomic mass is 16.3. The highest BCUT2D eigenvalue weighted by molar-refractivity contribution is 5.11. The second-order valence-electron chi connectivity index (χ2n) is 7.16. The molecule has 2 nitrogen and oxygen atoms in total. The van der Waals surface area contributed by atoms with E-state index in [1.54, 1.807) is 0 Å². The van der Waals surface area contributed by atoms with Crippen molar-refractivity contribution in [3.8, 4) is 0 Å². The molecular formula is C17H29NO. The molecule has 1 aromatic heterocycles. The third-order valence-electron chi connectivity index (χ3n) is 4.86. The molecule has 19 heavy (non-hydrogen) atoms. The molecule has 1 unspecified atom stereocenters. The van der Waals surface area contributed by atoms with Crippen LogP contribution in [0.4, 0.5) is 0 Å². The van der Waals surface area contributed by atoms with Gasteiger partial charge in [-0.05, 0) is 55.1 Å². The standard InChI is InChI=1S/C17H29NO/c1-5-14-10-11-15(19-14)16(18)12-6-8-13(9-7-12)17(2,3)4/h10-13,16H,5-9,18H2,1-4H3. The van der Waals surface area contributed by atoms with Gasteiger partial charge in [0.2, 0.25) is 0 Å². The Morgan fingerprint density at radius 2 is 1.84 bits per heavy atom. The summed E-state index contributed by atoms with van der Waals surface area (Å²) in [6.07, 6.45) is 6.05. The van der Waals surface area contributed by atoms with E-state index in [-0.39, 0.29) is 6.04 Å². The summed E-state index contributed by atoms with van der Waals surface area (Å²) in [6.45, 7) is 9.19. The molecule has 0 aromatic carbocycles. The molecule has 1 aliphatic carbocycles. The van der Waals surface area contributed by atoms with Gasteiger partial charge in [-0.3, -0.25) is 0 Å². The third-order valence-corrected chi connectivity index (χ3v) is 4.86. The van der Waals surface area contributed by atoms with Crippen molar-refractivity contribution in [3.63, 3.8) is 0 Å². The fourth-order valence-electron chi connectivity index (χ4n) is 3.34. The lowest BCUT2D eigenvalue weighted by molar-refractivity contribution is 0.135. The molecule has 1 heterocycles. The first kappa shape index (κ1) is 14.6. The summed E-state index contributed by atoms with van der Waals surface area (Å²) in [5.41, 5.74) is 6.84. The maximum Gasteiger partial charge on any atom is 0.121 e. The first-order valence-electron chi connectivity index (χ1n) is 7.76. The molecule has 0 saturated heterocycles. The largest absolute Gasteiger partial charge is 0.464 e. The average Bonchev–Trinajstić information content (AvgIpc) is 2.86. The lowest BCUT2D eigenvalue weighted by Crippen LogP contribution is -2.30. The molecule has 1 aromatic rings. The van der Waals surface area contributed by atoms with Crippen LogP contribution in [0.3, 0.4) is 0 Å². The Labute approximate surface area is 117 Å². The predicted octanol–water partition coefficient (Wildman–Crippen LogP) is 4.69. The Bertz CT molecular complexity index is 394. The van der Waals surface area contributed by atoms with Crippen LogP contribution < -0.4 is 5.73 Å². The van der Waals surface area contributed by atoms with Gasteiger partial charge in [0.1, 0.15) is 11.5 Å². The van der Waals surface area contributed by atoms with Gasteiger partial charge in [-0.15, -0.1) is 0 Å². The molecule has 0 spiro atoms. The summed E-state index contributed by atoms with van der Waals surface area (Å²) in [5.74, 6) is 3.47. The van der Waals surface area contributed by atoms with Gasteiger partial charge >= 0.3 is 0 Å². The molecule has 0 bridgehead atoms. The molecule has 0 radical (unpaired) electrons. The molecule has 0 aliphatic heterocycles. The summed E-state index contributed by atoms with van der Waals surface area (Å²) < 4.78 is 5.82. The van der Waals surface area contributed by atoms with Crippen LogP contribution in [0.25, 0.3) is 0 Å². The molecule has 1 saturated carbocycles. The van der Waals surface area contributed by atoms with E-state index in [1.807, 2.05) is 0 Å². The minimum atomic E-state index is 0.0845. The van der Waals surface area contributed by atoms with Crippen molar-refractivity contribution in [1.29, 1.82) is 0 Å². The van der Waals surface area contributed by atoms with Gasteiger partial charge in [-0.1, -0.05) is 27.7 Å². The van der Waals surface area contributed by atoms with Crippen LogP contribution in [-0.4, -0.2) is 0 Å². The maximum absolute atomic E-state index is 6.40. The molecule has 2 N–H and O–H groups in total. The van der Waals surface area contributed by atoms with Gasteiger partial charge in [-0.25, -0.2) is 0 Å². The van der Waals surface area contributed by atoms with Crippen molar-refractivity contribution in [3.05, 3.63) is 23.7 Å². The SMILES string of the molecule is CCc1ccc(C(N)C2CCC(C(C)(C)C)CC2)o1. The van der Waals surface area contributed by atoms with E-state index in [1.165, 1.54) is 25.7 Å². The Kier molecular flexibility index (Phi) is 4.39. The summed E-state index contributed by atoms with van der Waals surface area (Å²) in [6, 6.07) is 4.22. The summed E-state index contributed by atoms with van der Waals surface area (Å²) in [5, 5.41) is 0. The highest BCUT2D eigenvalue weighted by Gasteiger charge is 2.32. The number of hydrogen-bond donors (Lipinski definition) is 1. The first-order valence-corrected chi connectivity index (χ1v) is 7.76. The van der Waals surface area contributed by atoms with Gasteiger partial charge < -0.3 is 10.2 Å². The van der Waals surface area contributed by atoms with Crippen LogP contribution in [0.2, 0.25) is 0 Å². The minimum Gasteiger partial charge on any atom is -0.464 e. The van der Waals surface area contributed by atoms with Crippen LogP contribution in [0.1, 0.15) is 70.9 Å². The fraction of sp³-hybridized carbons (Fsp3) is 0.765. The number of aryl methyl sites for hydroxylation is 1. The summed E-state index contributed by atoms with van der Waals surface area (Å²) >= 11 is 0. The van der Waals surface area contributed by atoms with E-state index in [9.17, 15) is 0 Å². The number of rotatable bonds is 3. The van der Waals surface area contributed by atoms with Crippen LogP contribution in [0.5, 0.6) is 0 Å². The van der Waals surface area contributed by atoms with Crippen LogP contribution in [-0.2, 0) is 6.42 Å². The smallest absolute Gasteiger partial charge is 0.121 e. The second kappa shape index (κ2) is 5.70. The fourth-order valence-corrected chi connectivity index (χ4v) is 3.34. The van der Waals surface area contributed by atoms with Crippen LogP contribution >= 0.6 is 0 Å². The van der Waals surface area contributed by atoms with Crippen molar-refractivity contribution in [2.24, 2.45) is 23.0 Å². The monoisotopic (exact) mass is 263 g/mol. The highest BCUT2D eigenvalue weighted by Crippen LogP contribution is 2.42. The first-order chi connectivity index (χ1) is 8.91. The van der Waals surface area contributed by atoms with Crippen molar-refractivity contribution < 1.29 is 4.42 Å². The molecule has 0 amide bonds.